The van der Waals surface area contributed by atoms with Gasteiger partial charge in [0.05, 0.1) is 17.0 Å². The predicted molar refractivity (Wildman–Crippen MR) is 124 cm³/mol. The first-order valence-corrected chi connectivity index (χ1v) is 10.4. The summed E-state index contributed by atoms with van der Waals surface area (Å²) in [5, 5.41) is 20.9. The molecule has 168 valence electrons. The van der Waals surface area contributed by atoms with E-state index in [1.165, 1.54) is 19.1 Å². The first-order valence-electron chi connectivity index (χ1n) is 10.4. The van der Waals surface area contributed by atoms with E-state index in [0.717, 1.165) is 16.0 Å². The van der Waals surface area contributed by atoms with Crippen LogP contribution in [0.5, 0.6) is 0 Å². The Morgan fingerprint density at radius 2 is 1.74 bits per heavy atom. The van der Waals surface area contributed by atoms with Gasteiger partial charge in [0.15, 0.2) is 0 Å². The molecule has 1 aliphatic heterocycles. The molecule has 0 saturated carbocycles. The molecule has 34 heavy (non-hydrogen) atoms. The van der Waals surface area contributed by atoms with Crippen LogP contribution in [0.4, 0.5) is 5.69 Å². The highest BCUT2D eigenvalue weighted by Crippen LogP contribution is 2.33. The Hall–Kier alpha value is -4.77. The maximum absolute atomic E-state index is 13.3. The van der Waals surface area contributed by atoms with E-state index in [0.29, 0.717) is 5.56 Å². The fourth-order valence-corrected chi connectivity index (χ4v) is 3.71. The number of furan rings is 1. The van der Waals surface area contributed by atoms with Crippen molar-refractivity contribution in [2.24, 2.45) is 0 Å². The van der Waals surface area contributed by atoms with E-state index in [1.54, 1.807) is 30.3 Å². The minimum atomic E-state index is -0.650. The number of amides is 2. The third kappa shape index (κ3) is 4.14. The number of nitro groups is 1. The normalized spacial score (nSPS) is 15.1. The summed E-state index contributed by atoms with van der Waals surface area (Å²) in [6.45, 7) is 3.49. The van der Waals surface area contributed by atoms with E-state index in [1.807, 2.05) is 37.3 Å². The highest BCUT2D eigenvalue weighted by Gasteiger charge is 2.35. The lowest BCUT2D eigenvalue weighted by Gasteiger charge is -2.27. The molecular formula is C26H19N3O5. The lowest BCUT2D eigenvalue weighted by atomic mass is 9.94. The summed E-state index contributed by atoms with van der Waals surface area (Å²) in [4.78, 5) is 38.0. The van der Waals surface area contributed by atoms with Gasteiger partial charge in [0.25, 0.3) is 17.5 Å². The zero-order chi connectivity index (χ0) is 24.4. The third-order valence-electron chi connectivity index (χ3n) is 5.57. The molecule has 0 bridgehead atoms. The number of hydrogen-bond acceptors (Lipinski definition) is 6. The molecule has 0 atom stereocenters. The molecule has 0 unspecified atom stereocenters. The van der Waals surface area contributed by atoms with Crippen LogP contribution in [-0.4, -0.2) is 21.6 Å². The molecule has 0 N–H and O–H groups in total. The number of imide groups is 1. The molecule has 0 radical (unpaired) electrons. The second-order valence-electron chi connectivity index (χ2n) is 7.83. The van der Waals surface area contributed by atoms with Crippen LogP contribution in [0.3, 0.4) is 0 Å². The lowest BCUT2D eigenvalue weighted by molar-refractivity contribution is -0.384. The van der Waals surface area contributed by atoms with Gasteiger partial charge in [-0.15, -0.1) is 0 Å². The van der Waals surface area contributed by atoms with E-state index in [9.17, 15) is 25.0 Å². The first-order chi connectivity index (χ1) is 16.3. The van der Waals surface area contributed by atoms with Crippen molar-refractivity contribution in [1.29, 1.82) is 5.26 Å². The monoisotopic (exact) mass is 453 g/mol. The number of aryl methyl sites for hydroxylation is 1. The van der Waals surface area contributed by atoms with Crippen LogP contribution < -0.4 is 0 Å². The van der Waals surface area contributed by atoms with Crippen LogP contribution in [0.15, 0.2) is 81.8 Å². The number of nitro benzene ring substituents is 1. The van der Waals surface area contributed by atoms with Gasteiger partial charge in [-0.1, -0.05) is 42.0 Å². The molecule has 1 aromatic heterocycles. The van der Waals surface area contributed by atoms with Crippen molar-refractivity contribution in [2.75, 3.05) is 0 Å². The molecule has 0 spiro atoms. The van der Waals surface area contributed by atoms with Crippen LogP contribution in [-0.2, 0) is 16.1 Å². The number of carbonyl (C=O) groups excluding carboxylic acids is 2. The van der Waals surface area contributed by atoms with Gasteiger partial charge >= 0.3 is 0 Å². The molecule has 4 rings (SSSR count). The molecule has 0 saturated heterocycles. The molecule has 0 aliphatic carbocycles. The molecular weight excluding hydrogens is 434 g/mol. The Bertz CT molecular complexity index is 1420. The van der Waals surface area contributed by atoms with Crippen molar-refractivity contribution in [3.8, 4) is 17.4 Å². The van der Waals surface area contributed by atoms with Crippen molar-refractivity contribution in [3.05, 3.63) is 104 Å². The smallest absolute Gasteiger partial charge is 0.280 e. The number of carbonyl (C=O) groups is 2. The molecule has 0 fully saturated rings. The largest absolute Gasteiger partial charge is 0.456 e. The minimum Gasteiger partial charge on any atom is -0.456 e. The summed E-state index contributed by atoms with van der Waals surface area (Å²) < 4.78 is 5.78. The molecule has 3 aromatic rings. The van der Waals surface area contributed by atoms with Crippen LogP contribution in [0.25, 0.3) is 17.4 Å². The summed E-state index contributed by atoms with van der Waals surface area (Å²) in [5.74, 6) is -0.677. The summed E-state index contributed by atoms with van der Waals surface area (Å²) in [6, 6.07) is 18.6. The van der Waals surface area contributed by atoms with Gasteiger partial charge in [0.2, 0.25) is 0 Å². The van der Waals surface area contributed by atoms with Gasteiger partial charge in [-0.05, 0) is 49.3 Å². The van der Waals surface area contributed by atoms with Gasteiger partial charge in [-0.3, -0.25) is 24.6 Å². The van der Waals surface area contributed by atoms with E-state index in [2.05, 4.69) is 0 Å². The number of benzene rings is 2. The van der Waals surface area contributed by atoms with Crippen molar-refractivity contribution in [2.45, 2.75) is 20.4 Å². The van der Waals surface area contributed by atoms with Crippen molar-refractivity contribution < 1.29 is 18.9 Å². The molecule has 2 aromatic carbocycles. The lowest BCUT2D eigenvalue weighted by Crippen LogP contribution is -2.42. The van der Waals surface area contributed by atoms with Gasteiger partial charge in [-0.25, -0.2) is 0 Å². The third-order valence-corrected chi connectivity index (χ3v) is 5.57. The molecule has 8 heteroatoms. The SMILES string of the molecule is CC1=C(C#N)C(=O)N(Cc2ccc(C)cc2)C(=O)/C1=C/c1ccc(-c2ccccc2[N+](=O)[O-])o1. The number of nitrogens with zero attached hydrogens (tertiary/aromatic N) is 3. The van der Waals surface area contributed by atoms with Gasteiger partial charge < -0.3 is 4.42 Å². The Morgan fingerprint density at radius 3 is 2.41 bits per heavy atom. The number of rotatable bonds is 5. The summed E-state index contributed by atoms with van der Waals surface area (Å²) in [7, 11) is 0. The quantitative estimate of drug-likeness (QED) is 0.233. The molecule has 2 heterocycles. The fraction of sp³-hybridized carbons (Fsp3) is 0.115. The number of hydrogen-bond donors (Lipinski definition) is 0. The zero-order valence-corrected chi connectivity index (χ0v) is 18.4. The van der Waals surface area contributed by atoms with E-state index < -0.39 is 16.7 Å². The van der Waals surface area contributed by atoms with Gasteiger partial charge in [-0.2, -0.15) is 5.26 Å². The van der Waals surface area contributed by atoms with Crippen LogP contribution >= 0.6 is 0 Å². The maximum Gasteiger partial charge on any atom is 0.280 e. The van der Waals surface area contributed by atoms with Crippen molar-refractivity contribution in [3.63, 3.8) is 0 Å². The van der Waals surface area contributed by atoms with Crippen molar-refractivity contribution in [1.82, 2.24) is 4.90 Å². The fourth-order valence-electron chi connectivity index (χ4n) is 3.71. The Labute approximate surface area is 195 Å². The molecule has 2 amide bonds. The zero-order valence-electron chi connectivity index (χ0n) is 18.4. The Kier molecular flexibility index (Phi) is 5.94. The second-order valence-corrected chi connectivity index (χ2v) is 7.83. The number of nitriles is 1. The standard InChI is InChI=1S/C26H19N3O5/c1-16-7-9-18(10-8-16)15-28-25(30)21(17(2)22(14-27)26(28)31)13-19-11-12-24(34-19)20-5-3-4-6-23(20)29(32)33/h3-13H,15H2,1-2H3/b21-13+. The minimum absolute atomic E-state index is 0.0212. The average Bonchev–Trinajstić information content (AvgIpc) is 3.29. The van der Waals surface area contributed by atoms with Crippen molar-refractivity contribution >= 4 is 23.6 Å². The molecule has 8 nitrogen and oxygen atoms in total. The Morgan fingerprint density at radius 1 is 1.03 bits per heavy atom. The van der Waals surface area contributed by atoms with Gasteiger partial charge in [0, 0.05) is 11.6 Å². The molecule has 1 aliphatic rings. The van der Waals surface area contributed by atoms with Crippen LogP contribution in [0.2, 0.25) is 0 Å². The first kappa shape index (κ1) is 22.4. The van der Waals surface area contributed by atoms with E-state index in [-0.39, 0.29) is 40.5 Å². The maximum atomic E-state index is 13.3. The van der Waals surface area contributed by atoms with Crippen LogP contribution in [0.1, 0.15) is 23.8 Å². The summed E-state index contributed by atoms with van der Waals surface area (Å²) in [6.07, 6.45) is 1.45. The highest BCUT2D eigenvalue weighted by molar-refractivity contribution is 6.19. The highest BCUT2D eigenvalue weighted by atomic mass is 16.6. The number of para-hydroxylation sites is 1. The van der Waals surface area contributed by atoms with E-state index in [4.69, 9.17) is 4.42 Å². The average molecular weight is 453 g/mol. The second kappa shape index (κ2) is 9.00. The van der Waals surface area contributed by atoms with E-state index >= 15 is 0 Å². The van der Waals surface area contributed by atoms with Crippen LogP contribution in [0, 0.1) is 28.4 Å². The summed E-state index contributed by atoms with van der Waals surface area (Å²) >= 11 is 0. The predicted octanol–water partition coefficient (Wildman–Crippen LogP) is 4.96. The Balaban J connectivity index is 1.73. The summed E-state index contributed by atoms with van der Waals surface area (Å²) in [5.41, 5.74) is 2.26. The van der Waals surface area contributed by atoms with Gasteiger partial charge in [0.1, 0.15) is 23.2 Å². The topological polar surface area (TPSA) is 117 Å².